The van der Waals surface area contributed by atoms with E-state index >= 15 is 0 Å². The van der Waals surface area contributed by atoms with Gasteiger partial charge in [0.15, 0.2) is 0 Å². The van der Waals surface area contributed by atoms with Crippen LogP contribution in [0, 0.1) is 0 Å². The number of nitrogens with zero attached hydrogens (tertiary/aromatic N) is 2. The molecule has 0 atom stereocenters. The predicted octanol–water partition coefficient (Wildman–Crippen LogP) is 5.64. The molecule has 0 saturated heterocycles. The maximum Gasteiger partial charge on any atom is 0.0738 e. The highest BCUT2D eigenvalue weighted by atomic mass is 35.5. The number of benzene rings is 2. The van der Waals surface area contributed by atoms with E-state index < -0.39 is 0 Å². The molecule has 1 N–H and O–H groups in total. The fraction of sp³-hybridized carbons (Fsp3) is 0. The number of anilines is 1. The molecule has 6 heteroatoms. The van der Waals surface area contributed by atoms with Crippen molar-refractivity contribution in [1.82, 2.24) is 4.98 Å². The molecule has 0 spiro atoms. The van der Waals surface area contributed by atoms with Crippen molar-refractivity contribution in [3.63, 3.8) is 0 Å². The van der Waals surface area contributed by atoms with Gasteiger partial charge in [-0.1, -0.05) is 46.9 Å². The summed E-state index contributed by atoms with van der Waals surface area (Å²) >= 11 is 18.1. The number of fused-ring (bicyclic) bond motifs is 1. The zero-order valence-electron chi connectivity index (χ0n) is 11.2. The number of rotatable bonds is 3. The number of hydrogen-bond donors (Lipinski definition) is 1. The minimum absolute atomic E-state index is 0.473. The van der Waals surface area contributed by atoms with Crippen LogP contribution in [0.2, 0.25) is 15.1 Å². The maximum atomic E-state index is 6.11. The summed E-state index contributed by atoms with van der Waals surface area (Å²) < 4.78 is 0. The summed E-state index contributed by atoms with van der Waals surface area (Å²) in [6, 6.07) is 12.7. The molecule has 0 aliphatic carbocycles. The van der Waals surface area contributed by atoms with Crippen molar-refractivity contribution in [2.45, 2.75) is 0 Å². The molecule has 0 bridgehead atoms. The third-order valence-electron chi connectivity index (χ3n) is 3.07. The van der Waals surface area contributed by atoms with Gasteiger partial charge in [0.1, 0.15) is 0 Å². The zero-order chi connectivity index (χ0) is 15.5. The number of pyridine rings is 1. The van der Waals surface area contributed by atoms with Crippen LogP contribution in [0.25, 0.3) is 10.9 Å². The molecule has 22 heavy (non-hydrogen) atoms. The summed E-state index contributed by atoms with van der Waals surface area (Å²) in [5.74, 6) is 0. The van der Waals surface area contributed by atoms with Crippen LogP contribution in [-0.4, -0.2) is 11.2 Å². The van der Waals surface area contributed by atoms with Gasteiger partial charge in [0, 0.05) is 22.2 Å². The van der Waals surface area contributed by atoms with Gasteiger partial charge in [0.25, 0.3) is 0 Å². The first-order valence-electron chi connectivity index (χ1n) is 6.42. The molecule has 0 saturated carbocycles. The van der Waals surface area contributed by atoms with Gasteiger partial charge in [0.2, 0.25) is 0 Å². The van der Waals surface area contributed by atoms with E-state index in [4.69, 9.17) is 34.8 Å². The molecule has 1 aromatic heterocycles. The highest BCUT2D eigenvalue weighted by molar-refractivity contribution is 6.43. The SMILES string of the molecule is Clc1ccc2c(N/N=C/c3cccc(Cl)c3Cl)ccnc2c1. The first kappa shape index (κ1) is 15.1. The van der Waals surface area contributed by atoms with Gasteiger partial charge >= 0.3 is 0 Å². The van der Waals surface area contributed by atoms with Gasteiger partial charge < -0.3 is 0 Å². The zero-order valence-corrected chi connectivity index (χ0v) is 13.5. The highest BCUT2D eigenvalue weighted by Crippen LogP contribution is 2.25. The van der Waals surface area contributed by atoms with Crippen molar-refractivity contribution in [2.24, 2.45) is 5.10 Å². The summed E-state index contributed by atoms with van der Waals surface area (Å²) in [4.78, 5) is 4.28. The van der Waals surface area contributed by atoms with Crippen LogP contribution in [0.5, 0.6) is 0 Å². The summed E-state index contributed by atoms with van der Waals surface area (Å²) in [7, 11) is 0. The molecular weight excluding hydrogens is 341 g/mol. The van der Waals surface area contributed by atoms with E-state index in [1.165, 1.54) is 0 Å². The van der Waals surface area contributed by atoms with Gasteiger partial charge in [-0.15, -0.1) is 0 Å². The molecule has 0 aliphatic rings. The molecule has 3 aromatic rings. The Hall–Kier alpha value is -1.81. The van der Waals surface area contributed by atoms with Crippen molar-refractivity contribution in [2.75, 3.05) is 5.43 Å². The number of hydrogen-bond acceptors (Lipinski definition) is 3. The first-order valence-corrected chi connectivity index (χ1v) is 7.56. The third kappa shape index (κ3) is 3.17. The standard InChI is InChI=1S/C16H10Cl3N3/c17-11-4-5-12-14(6-7-20-15(12)8-11)22-21-9-10-2-1-3-13(18)16(10)19/h1-9H,(H,20,22)/b21-9+. The quantitative estimate of drug-likeness (QED) is 0.490. The Kier molecular flexibility index (Phi) is 4.48. The van der Waals surface area contributed by atoms with E-state index in [0.717, 1.165) is 22.2 Å². The van der Waals surface area contributed by atoms with Crippen LogP contribution in [0.4, 0.5) is 5.69 Å². The Bertz CT molecular complexity index is 862. The summed E-state index contributed by atoms with van der Waals surface area (Å²) in [6.07, 6.45) is 3.32. The molecule has 0 radical (unpaired) electrons. The van der Waals surface area contributed by atoms with Crippen molar-refractivity contribution >= 4 is 57.6 Å². The molecule has 0 unspecified atom stereocenters. The Labute approximate surface area is 142 Å². The van der Waals surface area contributed by atoms with Crippen molar-refractivity contribution in [1.29, 1.82) is 0 Å². The second kappa shape index (κ2) is 6.53. The summed E-state index contributed by atoms with van der Waals surface area (Å²) in [6.45, 7) is 0. The van der Waals surface area contributed by atoms with Gasteiger partial charge in [-0.3, -0.25) is 10.4 Å². The number of aromatic nitrogens is 1. The Balaban J connectivity index is 1.88. The number of halogens is 3. The van der Waals surface area contributed by atoms with E-state index in [-0.39, 0.29) is 0 Å². The van der Waals surface area contributed by atoms with Crippen LogP contribution in [0.15, 0.2) is 53.8 Å². The topological polar surface area (TPSA) is 37.3 Å². The molecule has 1 heterocycles. The smallest absolute Gasteiger partial charge is 0.0738 e. The average Bonchev–Trinajstić information content (AvgIpc) is 2.51. The van der Waals surface area contributed by atoms with E-state index in [0.29, 0.717) is 15.1 Å². The minimum Gasteiger partial charge on any atom is -0.278 e. The van der Waals surface area contributed by atoms with Gasteiger partial charge in [-0.2, -0.15) is 5.10 Å². The summed E-state index contributed by atoms with van der Waals surface area (Å²) in [5, 5.41) is 6.75. The van der Waals surface area contributed by atoms with Crippen LogP contribution in [0.3, 0.4) is 0 Å². The van der Waals surface area contributed by atoms with Crippen LogP contribution in [0.1, 0.15) is 5.56 Å². The maximum absolute atomic E-state index is 6.11. The van der Waals surface area contributed by atoms with Gasteiger partial charge in [-0.05, 0) is 30.3 Å². The van der Waals surface area contributed by atoms with E-state index in [2.05, 4.69) is 15.5 Å². The lowest BCUT2D eigenvalue weighted by molar-refractivity contribution is 1.33. The largest absolute Gasteiger partial charge is 0.278 e. The monoisotopic (exact) mass is 349 g/mol. The lowest BCUT2D eigenvalue weighted by Gasteiger charge is -2.05. The minimum atomic E-state index is 0.473. The highest BCUT2D eigenvalue weighted by Gasteiger charge is 2.03. The van der Waals surface area contributed by atoms with Crippen molar-refractivity contribution in [3.05, 3.63) is 69.3 Å². The third-order valence-corrected chi connectivity index (χ3v) is 4.14. The summed E-state index contributed by atoms with van der Waals surface area (Å²) in [5.41, 5.74) is 5.36. The van der Waals surface area contributed by atoms with E-state index in [9.17, 15) is 0 Å². The second-order valence-electron chi connectivity index (χ2n) is 4.53. The van der Waals surface area contributed by atoms with Crippen LogP contribution in [-0.2, 0) is 0 Å². The lowest BCUT2D eigenvalue weighted by Crippen LogP contribution is -1.93. The number of hydrazone groups is 1. The van der Waals surface area contributed by atoms with Gasteiger partial charge in [0.05, 0.1) is 27.5 Å². The first-order chi connectivity index (χ1) is 10.6. The fourth-order valence-corrected chi connectivity index (χ4v) is 2.53. The average molecular weight is 351 g/mol. The van der Waals surface area contributed by atoms with Crippen molar-refractivity contribution < 1.29 is 0 Å². The van der Waals surface area contributed by atoms with E-state index in [1.54, 1.807) is 24.5 Å². The molecule has 0 aliphatic heterocycles. The molecule has 2 aromatic carbocycles. The normalized spacial score (nSPS) is 11.2. The van der Waals surface area contributed by atoms with Crippen LogP contribution >= 0.6 is 34.8 Å². The Morgan fingerprint density at radius 3 is 2.77 bits per heavy atom. The molecule has 110 valence electrons. The molecule has 3 nitrogen and oxygen atoms in total. The lowest BCUT2D eigenvalue weighted by atomic mass is 10.2. The molecule has 0 amide bonds. The van der Waals surface area contributed by atoms with E-state index in [1.807, 2.05) is 30.3 Å². The number of nitrogens with one attached hydrogen (secondary N) is 1. The van der Waals surface area contributed by atoms with Crippen molar-refractivity contribution in [3.8, 4) is 0 Å². The molecular formula is C16H10Cl3N3. The fourth-order valence-electron chi connectivity index (χ4n) is 2.01. The molecule has 3 rings (SSSR count). The molecule has 0 fully saturated rings. The van der Waals surface area contributed by atoms with Crippen LogP contribution < -0.4 is 5.43 Å². The Morgan fingerprint density at radius 2 is 1.91 bits per heavy atom. The second-order valence-corrected chi connectivity index (χ2v) is 5.75. The van der Waals surface area contributed by atoms with Gasteiger partial charge in [-0.25, -0.2) is 0 Å². The predicted molar refractivity (Wildman–Crippen MR) is 94.4 cm³/mol. The Morgan fingerprint density at radius 1 is 1.05 bits per heavy atom.